The fraction of sp³-hybridized carbons (Fsp3) is 0. The van der Waals surface area contributed by atoms with Gasteiger partial charge < -0.3 is 5.32 Å². The van der Waals surface area contributed by atoms with E-state index in [0.717, 1.165) is 22.5 Å². The smallest absolute Gasteiger partial charge is 0.0470 e. The number of aromatic nitrogens is 1. The number of benzene rings is 2. The molecule has 0 spiro atoms. The first kappa shape index (κ1) is 11.5. The summed E-state index contributed by atoms with van der Waals surface area (Å²) >= 11 is 0. The molecule has 3 rings (SSSR count). The van der Waals surface area contributed by atoms with E-state index >= 15 is 0 Å². The van der Waals surface area contributed by atoms with E-state index in [1.54, 1.807) is 12.4 Å². The second kappa shape index (κ2) is 5.36. The number of anilines is 2. The first-order valence-corrected chi connectivity index (χ1v) is 6.16. The standard InChI is InChI=1S/C17H13N2/c1-2-6-16(7-3-1)19-17-8-4-5-15(13-17)14-9-11-18-12-10-14/h1-7,9-13,19H. The van der Waals surface area contributed by atoms with Crippen LogP contribution in [0, 0.1) is 6.07 Å². The van der Waals surface area contributed by atoms with Crippen molar-refractivity contribution in [2.45, 2.75) is 0 Å². The average Bonchev–Trinajstić information content (AvgIpc) is 2.49. The Labute approximate surface area is 112 Å². The van der Waals surface area contributed by atoms with Gasteiger partial charge in [-0.25, -0.2) is 0 Å². The van der Waals surface area contributed by atoms with Crippen LogP contribution < -0.4 is 5.32 Å². The summed E-state index contributed by atoms with van der Waals surface area (Å²) in [7, 11) is 0. The number of hydrogen-bond acceptors (Lipinski definition) is 2. The lowest BCUT2D eigenvalue weighted by Gasteiger charge is -2.08. The molecule has 0 atom stereocenters. The summed E-state index contributed by atoms with van der Waals surface area (Å²) in [4.78, 5) is 4.04. The summed E-state index contributed by atoms with van der Waals surface area (Å²) in [5.41, 5.74) is 4.32. The van der Waals surface area contributed by atoms with Gasteiger partial charge in [-0.05, 0) is 41.5 Å². The number of nitrogens with zero attached hydrogens (tertiary/aromatic N) is 1. The number of pyridine rings is 1. The zero-order valence-electron chi connectivity index (χ0n) is 10.4. The van der Waals surface area contributed by atoms with E-state index in [0.29, 0.717) is 0 Å². The Morgan fingerprint density at radius 1 is 0.842 bits per heavy atom. The summed E-state index contributed by atoms with van der Waals surface area (Å²) in [6, 6.07) is 23.4. The molecule has 0 fully saturated rings. The first-order chi connectivity index (χ1) is 9.42. The van der Waals surface area contributed by atoms with Crippen LogP contribution in [0.5, 0.6) is 0 Å². The van der Waals surface area contributed by atoms with Gasteiger partial charge in [0.1, 0.15) is 0 Å². The van der Waals surface area contributed by atoms with E-state index in [-0.39, 0.29) is 0 Å². The van der Waals surface area contributed by atoms with Crippen LogP contribution in [-0.4, -0.2) is 4.98 Å². The maximum Gasteiger partial charge on any atom is 0.0470 e. The fourth-order valence-electron chi connectivity index (χ4n) is 1.94. The molecule has 1 aromatic heterocycles. The van der Waals surface area contributed by atoms with Gasteiger partial charge in [0, 0.05) is 29.8 Å². The number of nitrogens with one attached hydrogen (secondary N) is 1. The normalized spacial score (nSPS) is 10.1. The Hall–Kier alpha value is -2.61. The van der Waals surface area contributed by atoms with E-state index in [9.17, 15) is 0 Å². The van der Waals surface area contributed by atoms with Crippen molar-refractivity contribution in [3.8, 4) is 11.1 Å². The SMILES string of the molecule is [c]1ccc(-c2ccncc2)cc1Nc1ccccc1. The van der Waals surface area contributed by atoms with E-state index in [1.807, 2.05) is 54.6 Å². The van der Waals surface area contributed by atoms with Crippen molar-refractivity contribution in [1.82, 2.24) is 4.98 Å². The Morgan fingerprint density at radius 2 is 1.63 bits per heavy atom. The van der Waals surface area contributed by atoms with E-state index in [2.05, 4.69) is 22.4 Å². The van der Waals surface area contributed by atoms with Crippen LogP contribution in [-0.2, 0) is 0 Å². The molecule has 2 aromatic carbocycles. The molecule has 0 saturated carbocycles. The van der Waals surface area contributed by atoms with Crippen molar-refractivity contribution >= 4 is 11.4 Å². The summed E-state index contributed by atoms with van der Waals surface area (Å²) in [6.07, 6.45) is 3.60. The van der Waals surface area contributed by atoms with Gasteiger partial charge in [-0.15, -0.1) is 0 Å². The van der Waals surface area contributed by atoms with Crippen LogP contribution in [0.1, 0.15) is 0 Å². The second-order valence-corrected chi connectivity index (χ2v) is 4.22. The maximum atomic E-state index is 4.04. The van der Waals surface area contributed by atoms with Gasteiger partial charge in [-0.3, -0.25) is 4.98 Å². The van der Waals surface area contributed by atoms with Crippen LogP contribution in [0.25, 0.3) is 11.1 Å². The zero-order valence-corrected chi connectivity index (χ0v) is 10.4. The quantitative estimate of drug-likeness (QED) is 0.744. The van der Waals surface area contributed by atoms with Crippen molar-refractivity contribution in [2.24, 2.45) is 0 Å². The Bertz CT molecular complexity index is 648. The van der Waals surface area contributed by atoms with Gasteiger partial charge in [0.2, 0.25) is 0 Å². The first-order valence-electron chi connectivity index (χ1n) is 6.16. The number of para-hydroxylation sites is 1. The molecule has 1 radical (unpaired) electrons. The molecule has 19 heavy (non-hydrogen) atoms. The summed E-state index contributed by atoms with van der Waals surface area (Å²) in [5.74, 6) is 0. The number of rotatable bonds is 3. The third kappa shape index (κ3) is 2.80. The van der Waals surface area contributed by atoms with Crippen molar-refractivity contribution in [3.63, 3.8) is 0 Å². The second-order valence-electron chi connectivity index (χ2n) is 4.22. The minimum Gasteiger partial charge on any atom is -0.355 e. The van der Waals surface area contributed by atoms with Crippen LogP contribution >= 0.6 is 0 Å². The minimum atomic E-state index is 0.959. The van der Waals surface area contributed by atoms with Gasteiger partial charge in [0.15, 0.2) is 0 Å². The molecule has 2 nitrogen and oxygen atoms in total. The molecule has 0 bridgehead atoms. The predicted octanol–water partition coefficient (Wildman–Crippen LogP) is 4.29. The lowest BCUT2D eigenvalue weighted by atomic mass is 10.1. The van der Waals surface area contributed by atoms with Crippen molar-refractivity contribution in [1.29, 1.82) is 0 Å². The molecule has 0 amide bonds. The van der Waals surface area contributed by atoms with Crippen LogP contribution in [0.2, 0.25) is 0 Å². The molecular weight excluding hydrogens is 232 g/mol. The predicted molar refractivity (Wildman–Crippen MR) is 78.2 cm³/mol. The lowest BCUT2D eigenvalue weighted by Crippen LogP contribution is -1.90. The van der Waals surface area contributed by atoms with E-state index in [4.69, 9.17) is 0 Å². The molecule has 0 unspecified atom stereocenters. The summed E-state index contributed by atoms with van der Waals surface area (Å²) in [6.45, 7) is 0. The monoisotopic (exact) mass is 245 g/mol. The van der Waals surface area contributed by atoms with Crippen LogP contribution in [0.4, 0.5) is 11.4 Å². The van der Waals surface area contributed by atoms with Crippen molar-refractivity contribution < 1.29 is 0 Å². The molecule has 0 aliphatic rings. The van der Waals surface area contributed by atoms with Gasteiger partial charge in [-0.1, -0.05) is 30.3 Å². The zero-order chi connectivity index (χ0) is 12.9. The summed E-state index contributed by atoms with van der Waals surface area (Å²) < 4.78 is 0. The summed E-state index contributed by atoms with van der Waals surface area (Å²) in [5, 5.41) is 3.34. The average molecular weight is 245 g/mol. The Morgan fingerprint density at radius 3 is 2.42 bits per heavy atom. The highest BCUT2D eigenvalue weighted by molar-refractivity contribution is 5.70. The van der Waals surface area contributed by atoms with Gasteiger partial charge >= 0.3 is 0 Å². The fourth-order valence-corrected chi connectivity index (χ4v) is 1.94. The molecule has 1 heterocycles. The van der Waals surface area contributed by atoms with E-state index in [1.165, 1.54) is 0 Å². The van der Waals surface area contributed by atoms with Gasteiger partial charge in [-0.2, -0.15) is 0 Å². The topological polar surface area (TPSA) is 24.9 Å². The molecule has 1 N–H and O–H groups in total. The third-order valence-electron chi connectivity index (χ3n) is 2.87. The molecule has 91 valence electrons. The van der Waals surface area contributed by atoms with Gasteiger partial charge in [0.25, 0.3) is 0 Å². The highest BCUT2D eigenvalue weighted by atomic mass is 14.9. The minimum absolute atomic E-state index is 0.959. The highest BCUT2D eigenvalue weighted by Crippen LogP contribution is 2.23. The van der Waals surface area contributed by atoms with Crippen molar-refractivity contribution in [2.75, 3.05) is 5.32 Å². The van der Waals surface area contributed by atoms with Gasteiger partial charge in [0.05, 0.1) is 0 Å². The molecular formula is C17H13N2. The van der Waals surface area contributed by atoms with Crippen molar-refractivity contribution in [3.05, 3.63) is 79.1 Å². The highest BCUT2D eigenvalue weighted by Gasteiger charge is 1.99. The third-order valence-corrected chi connectivity index (χ3v) is 2.87. The molecule has 3 aromatic rings. The van der Waals surface area contributed by atoms with Crippen LogP contribution in [0.3, 0.4) is 0 Å². The maximum absolute atomic E-state index is 4.04. The molecule has 0 aliphatic carbocycles. The lowest BCUT2D eigenvalue weighted by molar-refractivity contribution is 1.33. The molecule has 2 heteroatoms. The Kier molecular flexibility index (Phi) is 3.24. The largest absolute Gasteiger partial charge is 0.355 e. The number of hydrogen-bond donors (Lipinski definition) is 1. The van der Waals surface area contributed by atoms with Crippen LogP contribution in [0.15, 0.2) is 73.1 Å². The Balaban J connectivity index is 1.89. The van der Waals surface area contributed by atoms with E-state index < -0.39 is 0 Å². The molecule has 0 saturated heterocycles. The molecule has 0 aliphatic heterocycles.